The second kappa shape index (κ2) is 9.76. The summed E-state index contributed by atoms with van der Waals surface area (Å²) >= 11 is 1.29. The summed E-state index contributed by atoms with van der Waals surface area (Å²) in [5.74, 6) is 0.813. The Morgan fingerprint density at radius 1 is 1.17 bits per heavy atom. The van der Waals surface area contributed by atoms with Crippen LogP contribution in [0.4, 0.5) is 0 Å². The van der Waals surface area contributed by atoms with Crippen molar-refractivity contribution in [2.24, 2.45) is 7.05 Å². The van der Waals surface area contributed by atoms with Gasteiger partial charge in [-0.1, -0.05) is 60.6 Å². The van der Waals surface area contributed by atoms with Crippen LogP contribution in [0.1, 0.15) is 39.7 Å². The monoisotopic (exact) mass is 422 g/mol. The topological polar surface area (TPSA) is 61.2 Å². The Morgan fingerprint density at radius 3 is 2.63 bits per heavy atom. The highest BCUT2D eigenvalue weighted by atomic mass is 32.2. The number of methoxy groups -OCH3 is 1. The number of thioether (sulfide) groups is 1. The SMILES string of the molecule is CCc1nc(SCC(=O)c2cccc(OC)c2)n(C)c(=O)c1Cc1cccc(C)c1. The molecule has 1 heterocycles. The number of aromatic nitrogens is 2. The van der Waals surface area contributed by atoms with E-state index < -0.39 is 0 Å². The van der Waals surface area contributed by atoms with Gasteiger partial charge in [-0.05, 0) is 31.0 Å². The van der Waals surface area contributed by atoms with Crippen molar-refractivity contribution in [3.63, 3.8) is 0 Å². The van der Waals surface area contributed by atoms with Crippen LogP contribution in [0, 0.1) is 6.92 Å². The lowest BCUT2D eigenvalue weighted by Crippen LogP contribution is -2.27. The fraction of sp³-hybridized carbons (Fsp3) is 0.292. The second-order valence-electron chi connectivity index (χ2n) is 7.15. The van der Waals surface area contributed by atoms with Crippen molar-refractivity contribution in [3.05, 3.63) is 86.8 Å². The van der Waals surface area contributed by atoms with Crippen LogP contribution in [0.25, 0.3) is 0 Å². The van der Waals surface area contributed by atoms with Gasteiger partial charge in [-0.3, -0.25) is 14.2 Å². The number of ketones is 1. The molecule has 0 aliphatic carbocycles. The molecule has 3 rings (SSSR count). The lowest BCUT2D eigenvalue weighted by molar-refractivity contribution is 0.102. The molecular weight excluding hydrogens is 396 g/mol. The zero-order valence-corrected chi connectivity index (χ0v) is 18.6. The summed E-state index contributed by atoms with van der Waals surface area (Å²) < 4.78 is 6.73. The van der Waals surface area contributed by atoms with E-state index in [1.54, 1.807) is 43.0 Å². The van der Waals surface area contributed by atoms with Crippen molar-refractivity contribution < 1.29 is 9.53 Å². The molecule has 0 atom stereocenters. The summed E-state index contributed by atoms with van der Waals surface area (Å²) in [7, 11) is 3.29. The molecule has 0 spiro atoms. The van der Waals surface area contributed by atoms with Gasteiger partial charge in [0.05, 0.1) is 18.6 Å². The second-order valence-corrected chi connectivity index (χ2v) is 8.09. The number of aryl methyl sites for hydroxylation is 2. The van der Waals surface area contributed by atoms with Crippen molar-refractivity contribution in [3.8, 4) is 5.75 Å². The molecule has 0 aliphatic rings. The maximum atomic E-state index is 13.1. The zero-order valence-electron chi connectivity index (χ0n) is 17.8. The first kappa shape index (κ1) is 21.8. The molecule has 30 heavy (non-hydrogen) atoms. The van der Waals surface area contributed by atoms with Crippen LogP contribution < -0.4 is 10.3 Å². The summed E-state index contributed by atoms with van der Waals surface area (Å²) in [5, 5.41) is 0.557. The summed E-state index contributed by atoms with van der Waals surface area (Å²) in [5.41, 5.74) is 4.29. The maximum absolute atomic E-state index is 13.1. The van der Waals surface area contributed by atoms with Gasteiger partial charge in [-0.15, -0.1) is 0 Å². The number of rotatable bonds is 8. The molecule has 2 aromatic carbocycles. The Morgan fingerprint density at radius 2 is 1.93 bits per heavy atom. The molecule has 0 aliphatic heterocycles. The maximum Gasteiger partial charge on any atom is 0.257 e. The third-order valence-corrected chi connectivity index (χ3v) is 5.98. The highest BCUT2D eigenvalue weighted by Gasteiger charge is 2.16. The number of carbonyl (C=O) groups excluding carboxylic acids is 1. The fourth-order valence-electron chi connectivity index (χ4n) is 3.31. The predicted molar refractivity (Wildman–Crippen MR) is 121 cm³/mol. The third-order valence-electron chi connectivity index (χ3n) is 4.95. The van der Waals surface area contributed by atoms with Gasteiger partial charge in [0.2, 0.25) is 0 Å². The van der Waals surface area contributed by atoms with Gasteiger partial charge in [0.25, 0.3) is 5.56 Å². The molecule has 0 saturated carbocycles. The van der Waals surface area contributed by atoms with E-state index >= 15 is 0 Å². The minimum Gasteiger partial charge on any atom is -0.497 e. The molecule has 1 aromatic heterocycles. The fourth-order valence-corrected chi connectivity index (χ4v) is 4.18. The molecular formula is C24H26N2O3S. The quantitative estimate of drug-likeness (QED) is 0.309. The van der Waals surface area contributed by atoms with Crippen molar-refractivity contribution in [1.82, 2.24) is 9.55 Å². The Hall–Kier alpha value is -2.86. The highest BCUT2D eigenvalue weighted by Crippen LogP contribution is 2.20. The molecule has 0 fully saturated rings. The van der Waals surface area contributed by atoms with Crippen molar-refractivity contribution in [2.75, 3.05) is 12.9 Å². The number of nitrogens with zero attached hydrogens (tertiary/aromatic N) is 2. The van der Waals surface area contributed by atoms with E-state index in [1.165, 1.54) is 17.3 Å². The van der Waals surface area contributed by atoms with Crippen LogP contribution in [0.5, 0.6) is 5.75 Å². The smallest absolute Gasteiger partial charge is 0.257 e. The number of hydrogen-bond acceptors (Lipinski definition) is 5. The summed E-state index contributed by atoms with van der Waals surface area (Å²) in [6, 6.07) is 15.2. The van der Waals surface area contributed by atoms with Crippen LogP contribution in [0.3, 0.4) is 0 Å². The molecule has 5 nitrogen and oxygen atoms in total. The van der Waals surface area contributed by atoms with Gasteiger partial charge in [0.15, 0.2) is 10.9 Å². The molecule has 0 radical (unpaired) electrons. The first-order valence-electron chi connectivity index (χ1n) is 9.87. The van der Waals surface area contributed by atoms with E-state index in [0.717, 1.165) is 11.3 Å². The third kappa shape index (κ3) is 5.00. The van der Waals surface area contributed by atoms with Crippen LogP contribution >= 0.6 is 11.8 Å². The summed E-state index contributed by atoms with van der Waals surface area (Å²) in [6.07, 6.45) is 1.22. The van der Waals surface area contributed by atoms with Gasteiger partial charge in [-0.2, -0.15) is 0 Å². The molecule has 0 bridgehead atoms. The van der Waals surface area contributed by atoms with Crippen molar-refractivity contribution in [2.45, 2.75) is 31.8 Å². The Kier molecular flexibility index (Phi) is 7.11. The first-order chi connectivity index (χ1) is 14.4. The van der Waals surface area contributed by atoms with Crippen LogP contribution in [0.2, 0.25) is 0 Å². The predicted octanol–water partition coefficient (Wildman–Crippen LogP) is 4.23. The largest absolute Gasteiger partial charge is 0.497 e. The number of Topliss-reactive ketones (excluding diaryl/α,β-unsaturated/α-hetero) is 1. The summed E-state index contributed by atoms with van der Waals surface area (Å²) in [6.45, 7) is 4.04. The number of ether oxygens (including phenoxy) is 1. The molecule has 6 heteroatoms. The van der Waals surface area contributed by atoms with E-state index in [2.05, 4.69) is 6.07 Å². The first-order valence-corrected chi connectivity index (χ1v) is 10.9. The van der Waals surface area contributed by atoms with E-state index in [9.17, 15) is 9.59 Å². The lowest BCUT2D eigenvalue weighted by atomic mass is 10.0. The van der Waals surface area contributed by atoms with Crippen LogP contribution in [0.15, 0.2) is 58.5 Å². The van der Waals surface area contributed by atoms with Crippen LogP contribution in [-0.2, 0) is 19.9 Å². The van der Waals surface area contributed by atoms with E-state index in [4.69, 9.17) is 9.72 Å². The van der Waals surface area contributed by atoms with Crippen molar-refractivity contribution >= 4 is 17.5 Å². The van der Waals surface area contributed by atoms with Crippen LogP contribution in [-0.4, -0.2) is 28.2 Å². The Balaban J connectivity index is 1.83. The number of benzene rings is 2. The molecule has 156 valence electrons. The minimum atomic E-state index is -0.0558. The van der Waals surface area contributed by atoms with E-state index in [1.807, 2.05) is 32.0 Å². The van der Waals surface area contributed by atoms with E-state index in [0.29, 0.717) is 34.9 Å². The average molecular weight is 423 g/mol. The highest BCUT2D eigenvalue weighted by molar-refractivity contribution is 7.99. The molecule has 0 unspecified atom stereocenters. The normalized spacial score (nSPS) is 10.8. The number of hydrogen-bond donors (Lipinski definition) is 0. The van der Waals surface area contributed by atoms with E-state index in [-0.39, 0.29) is 17.1 Å². The van der Waals surface area contributed by atoms with Gasteiger partial charge in [0, 0.05) is 24.6 Å². The molecule has 0 saturated heterocycles. The standard InChI is InChI=1S/C24H26N2O3S/c1-5-21-20(13-17-9-6-8-16(2)12-17)23(28)26(3)24(25-21)30-15-22(27)18-10-7-11-19(14-18)29-4/h6-12,14H,5,13,15H2,1-4H3. The molecule has 3 aromatic rings. The average Bonchev–Trinajstić information content (AvgIpc) is 2.76. The van der Waals surface area contributed by atoms with Gasteiger partial charge >= 0.3 is 0 Å². The van der Waals surface area contributed by atoms with Gasteiger partial charge < -0.3 is 4.74 Å². The van der Waals surface area contributed by atoms with Crippen molar-refractivity contribution in [1.29, 1.82) is 0 Å². The minimum absolute atomic E-state index is 0.0324. The summed E-state index contributed by atoms with van der Waals surface area (Å²) in [4.78, 5) is 30.4. The van der Waals surface area contributed by atoms with Gasteiger partial charge in [-0.25, -0.2) is 4.98 Å². The number of carbonyl (C=O) groups is 1. The zero-order chi connectivity index (χ0) is 21.7. The Labute approximate surface area is 181 Å². The molecule has 0 amide bonds. The van der Waals surface area contributed by atoms with Gasteiger partial charge in [0.1, 0.15) is 5.75 Å². The lowest BCUT2D eigenvalue weighted by Gasteiger charge is -2.13. The Bertz CT molecular complexity index is 1120. The molecule has 0 N–H and O–H groups in total.